The molecule has 1 aliphatic rings. The summed E-state index contributed by atoms with van der Waals surface area (Å²) in [6.45, 7) is 2.72. The average molecular weight is 411 g/mol. The minimum atomic E-state index is -0.998. The molecule has 0 bridgehead atoms. The summed E-state index contributed by atoms with van der Waals surface area (Å²) in [7, 11) is 0. The first-order valence-corrected chi connectivity index (χ1v) is 9.92. The van der Waals surface area contributed by atoms with Crippen LogP contribution in [-0.2, 0) is 16.0 Å². The number of piperidine rings is 1. The van der Waals surface area contributed by atoms with Gasteiger partial charge >= 0.3 is 5.97 Å². The van der Waals surface area contributed by atoms with E-state index in [4.69, 9.17) is 10.5 Å². The van der Waals surface area contributed by atoms with Crippen LogP contribution in [-0.4, -0.2) is 40.9 Å². The van der Waals surface area contributed by atoms with Gasteiger partial charge in [-0.1, -0.05) is 30.3 Å². The summed E-state index contributed by atoms with van der Waals surface area (Å²) in [4.78, 5) is 37.1. The lowest BCUT2D eigenvalue weighted by molar-refractivity contribution is -0.384. The third-order valence-corrected chi connectivity index (χ3v) is 5.39. The second-order valence-corrected chi connectivity index (χ2v) is 7.53. The van der Waals surface area contributed by atoms with Crippen LogP contribution in [0.15, 0.2) is 48.5 Å². The highest BCUT2D eigenvalue weighted by Crippen LogP contribution is 2.24. The number of nitro groups is 1. The fourth-order valence-corrected chi connectivity index (χ4v) is 3.67. The number of ether oxygens (including phenoxy) is 1. The normalized spacial score (nSPS) is 15.4. The third-order valence-electron chi connectivity index (χ3n) is 5.39. The molecule has 0 spiro atoms. The largest absolute Gasteiger partial charge is 0.449 e. The summed E-state index contributed by atoms with van der Waals surface area (Å²) < 4.78 is 5.26. The lowest BCUT2D eigenvalue weighted by Crippen LogP contribution is -2.44. The molecule has 30 heavy (non-hydrogen) atoms. The van der Waals surface area contributed by atoms with Gasteiger partial charge in [0.25, 0.3) is 11.6 Å². The van der Waals surface area contributed by atoms with Crippen LogP contribution in [0.1, 0.15) is 35.7 Å². The van der Waals surface area contributed by atoms with Crippen LogP contribution in [0.4, 0.5) is 11.4 Å². The second-order valence-electron chi connectivity index (χ2n) is 7.53. The molecule has 8 nitrogen and oxygen atoms in total. The number of non-ortho nitro benzene ring substituents is 1. The summed E-state index contributed by atoms with van der Waals surface area (Å²) in [6, 6.07) is 13.8. The molecule has 0 aliphatic carbocycles. The number of anilines is 1. The van der Waals surface area contributed by atoms with Gasteiger partial charge in [0, 0.05) is 30.9 Å². The van der Waals surface area contributed by atoms with Gasteiger partial charge in [-0.25, -0.2) is 4.79 Å². The van der Waals surface area contributed by atoms with Crippen LogP contribution >= 0.6 is 0 Å². The molecule has 1 heterocycles. The molecular weight excluding hydrogens is 386 g/mol. The molecule has 1 atom stereocenters. The van der Waals surface area contributed by atoms with Crippen molar-refractivity contribution in [2.75, 3.05) is 18.8 Å². The Labute approximate surface area is 174 Å². The zero-order valence-electron chi connectivity index (χ0n) is 16.8. The molecular formula is C22H25N3O5. The first-order chi connectivity index (χ1) is 14.3. The zero-order chi connectivity index (χ0) is 21.7. The number of nitrogens with two attached hydrogens (primary N) is 1. The fraction of sp³-hybridized carbons (Fsp3) is 0.364. The fourth-order valence-electron chi connectivity index (χ4n) is 3.67. The monoisotopic (exact) mass is 411 g/mol. The van der Waals surface area contributed by atoms with E-state index >= 15 is 0 Å². The molecule has 0 radical (unpaired) electrons. The lowest BCUT2D eigenvalue weighted by Gasteiger charge is -2.33. The van der Waals surface area contributed by atoms with Crippen molar-refractivity contribution in [1.82, 2.24) is 4.90 Å². The van der Waals surface area contributed by atoms with Gasteiger partial charge in [0.1, 0.15) is 0 Å². The van der Waals surface area contributed by atoms with Gasteiger partial charge in [0.15, 0.2) is 6.10 Å². The third kappa shape index (κ3) is 5.14. The predicted molar refractivity (Wildman–Crippen MR) is 112 cm³/mol. The van der Waals surface area contributed by atoms with E-state index < -0.39 is 17.0 Å². The van der Waals surface area contributed by atoms with Gasteiger partial charge in [-0.05, 0) is 43.7 Å². The molecule has 8 heteroatoms. The number of carbonyl (C=O) groups is 2. The molecule has 0 unspecified atom stereocenters. The molecule has 0 aromatic heterocycles. The van der Waals surface area contributed by atoms with Crippen LogP contribution in [0.25, 0.3) is 0 Å². The van der Waals surface area contributed by atoms with Gasteiger partial charge in [-0.3, -0.25) is 14.9 Å². The minimum Gasteiger partial charge on any atom is -0.449 e. The molecule has 2 aromatic carbocycles. The topological polar surface area (TPSA) is 116 Å². The molecule has 158 valence electrons. The zero-order valence-corrected chi connectivity index (χ0v) is 16.8. The number of rotatable bonds is 6. The van der Waals surface area contributed by atoms with E-state index in [1.807, 2.05) is 18.2 Å². The summed E-state index contributed by atoms with van der Waals surface area (Å²) in [5.41, 5.74) is 6.71. The Balaban J connectivity index is 1.54. The van der Waals surface area contributed by atoms with Crippen molar-refractivity contribution >= 4 is 23.3 Å². The highest BCUT2D eigenvalue weighted by molar-refractivity contribution is 5.97. The van der Waals surface area contributed by atoms with Gasteiger partial charge in [0.05, 0.1) is 10.5 Å². The molecule has 1 fully saturated rings. The molecule has 0 saturated carbocycles. The maximum absolute atomic E-state index is 12.7. The van der Waals surface area contributed by atoms with E-state index in [0.29, 0.717) is 19.0 Å². The van der Waals surface area contributed by atoms with E-state index in [0.717, 1.165) is 25.3 Å². The number of nitro benzene ring substituents is 1. The number of carbonyl (C=O) groups excluding carboxylic acids is 2. The van der Waals surface area contributed by atoms with Gasteiger partial charge in [-0.15, -0.1) is 0 Å². The van der Waals surface area contributed by atoms with Crippen LogP contribution in [0.2, 0.25) is 0 Å². The molecule has 3 rings (SSSR count). The molecule has 2 N–H and O–H groups in total. The van der Waals surface area contributed by atoms with Crippen molar-refractivity contribution in [1.29, 1.82) is 0 Å². The molecule has 1 aliphatic heterocycles. The Bertz CT molecular complexity index is 924. The van der Waals surface area contributed by atoms with Crippen LogP contribution < -0.4 is 5.73 Å². The number of amides is 1. The maximum Gasteiger partial charge on any atom is 0.341 e. The van der Waals surface area contributed by atoms with Crippen molar-refractivity contribution in [2.45, 2.75) is 32.3 Å². The van der Waals surface area contributed by atoms with E-state index in [1.165, 1.54) is 24.6 Å². The maximum atomic E-state index is 12.7. The van der Waals surface area contributed by atoms with Gasteiger partial charge in [0.2, 0.25) is 0 Å². The highest BCUT2D eigenvalue weighted by atomic mass is 16.6. The van der Waals surface area contributed by atoms with Gasteiger partial charge in [-0.2, -0.15) is 0 Å². The Morgan fingerprint density at radius 2 is 1.87 bits per heavy atom. The first kappa shape index (κ1) is 21.3. The average Bonchev–Trinajstić information content (AvgIpc) is 2.74. The van der Waals surface area contributed by atoms with E-state index in [2.05, 4.69) is 12.1 Å². The number of hydrogen-bond donors (Lipinski definition) is 1. The number of nitrogen functional groups attached to an aromatic ring is 1. The van der Waals surface area contributed by atoms with Crippen molar-refractivity contribution in [3.8, 4) is 0 Å². The SMILES string of the molecule is C[C@H](OC(=O)c1cc([N+](=O)[O-])ccc1N)C(=O)N1CCC(Cc2ccccc2)CC1. The number of esters is 1. The molecule has 1 saturated heterocycles. The van der Waals surface area contributed by atoms with Crippen molar-refractivity contribution < 1.29 is 19.2 Å². The van der Waals surface area contributed by atoms with E-state index in [-0.39, 0.29) is 22.8 Å². The van der Waals surface area contributed by atoms with Crippen molar-refractivity contribution in [2.24, 2.45) is 5.92 Å². The number of benzene rings is 2. The van der Waals surface area contributed by atoms with Crippen LogP contribution in [0.3, 0.4) is 0 Å². The smallest absolute Gasteiger partial charge is 0.341 e. The lowest BCUT2D eigenvalue weighted by atomic mass is 9.90. The van der Waals surface area contributed by atoms with E-state index in [9.17, 15) is 19.7 Å². The minimum absolute atomic E-state index is 0.0620. The summed E-state index contributed by atoms with van der Waals surface area (Å²) >= 11 is 0. The number of hydrogen-bond acceptors (Lipinski definition) is 6. The quantitative estimate of drug-likeness (QED) is 0.338. The Hall–Kier alpha value is -3.42. The van der Waals surface area contributed by atoms with Crippen LogP contribution in [0.5, 0.6) is 0 Å². The van der Waals surface area contributed by atoms with E-state index in [1.54, 1.807) is 4.90 Å². The Kier molecular flexibility index (Phi) is 6.66. The number of likely N-dealkylation sites (tertiary alicyclic amines) is 1. The summed E-state index contributed by atoms with van der Waals surface area (Å²) in [6.07, 6.45) is 1.76. The van der Waals surface area contributed by atoms with Crippen molar-refractivity contribution in [3.63, 3.8) is 0 Å². The van der Waals surface area contributed by atoms with Crippen molar-refractivity contribution in [3.05, 3.63) is 69.8 Å². The van der Waals surface area contributed by atoms with Crippen LogP contribution in [0, 0.1) is 16.0 Å². The second kappa shape index (κ2) is 9.39. The first-order valence-electron chi connectivity index (χ1n) is 9.92. The Morgan fingerprint density at radius 1 is 1.20 bits per heavy atom. The predicted octanol–water partition coefficient (Wildman–Crippen LogP) is 3.20. The summed E-state index contributed by atoms with van der Waals surface area (Å²) in [5.74, 6) is -0.611. The molecule has 2 aromatic rings. The highest BCUT2D eigenvalue weighted by Gasteiger charge is 2.29. The number of nitrogens with zero attached hydrogens (tertiary/aromatic N) is 2. The standard InChI is InChI=1S/C22H25N3O5/c1-15(30-22(27)19-14-18(25(28)29)7-8-20(19)23)21(26)24-11-9-17(10-12-24)13-16-5-3-2-4-6-16/h2-8,14-15,17H,9-13,23H2,1H3/t15-/m0/s1. The Morgan fingerprint density at radius 3 is 2.50 bits per heavy atom. The van der Waals surface area contributed by atoms with Gasteiger partial charge < -0.3 is 15.4 Å². The molecule has 1 amide bonds. The summed E-state index contributed by atoms with van der Waals surface area (Å²) in [5, 5.41) is 10.9.